The summed E-state index contributed by atoms with van der Waals surface area (Å²) in [6.45, 7) is 3.78. The lowest BCUT2D eigenvalue weighted by atomic mass is 10.2. The molecule has 0 N–H and O–H groups in total. The van der Waals surface area contributed by atoms with Crippen LogP contribution >= 0.6 is 11.8 Å². The molecule has 2 aromatic carbocycles. The Hall–Kier alpha value is -2.53. The van der Waals surface area contributed by atoms with E-state index in [1.165, 1.54) is 4.68 Å². The van der Waals surface area contributed by atoms with Crippen molar-refractivity contribution in [2.75, 3.05) is 7.11 Å². The number of benzene rings is 2. The van der Waals surface area contributed by atoms with E-state index in [9.17, 15) is 4.79 Å². The van der Waals surface area contributed by atoms with Crippen molar-refractivity contribution in [2.24, 2.45) is 0 Å². The Kier molecular flexibility index (Phi) is 4.71. The molecule has 0 radical (unpaired) electrons. The average Bonchev–Trinajstić information content (AvgIpc) is 2.63. The molecule has 3 rings (SSSR count). The molecule has 0 aliphatic rings. The number of hydrogen-bond donors (Lipinski definition) is 0. The SMILES string of the molecule is COc1ccc(-n2nc(Sc3ccccc3)c(C)c(C)c2=O)cc1. The number of rotatable bonds is 4. The fraction of sp³-hybridized carbons (Fsp3) is 0.158. The maximum absolute atomic E-state index is 12.6. The van der Waals surface area contributed by atoms with Gasteiger partial charge in [-0.15, -0.1) is 0 Å². The summed E-state index contributed by atoms with van der Waals surface area (Å²) in [5, 5.41) is 5.41. The molecule has 0 saturated heterocycles. The Morgan fingerprint density at radius 2 is 1.62 bits per heavy atom. The molecule has 0 aliphatic heterocycles. The molecule has 0 fully saturated rings. The number of nitrogens with zero attached hydrogens (tertiary/aromatic N) is 2. The number of methoxy groups -OCH3 is 1. The minimum Gasteiger partial charge on any atom is -0.497 e. The molecule has 1 aromatic heterocycles. The monoisotopic (exact) mass is 338 g/mol. The molecule has 0 amide bonds. The zero-order chi connectivity index (χ0) is 17.1. The van der Waals surface area contributed by atoms with Crippen LogP contribution < -0.4 is 10.3 Å². The summed E-state index contributed by atoms with van der Waals surface area (Å²) in [6, 6.07) is 17.3. The summed E-state index contributed by atoms with van der Waals surface area (Å²) in [5.41, 5.74) is 2.24. The molecule has 0 aliphatic carbocycles. The van der Waals surface area contributed by atoms with Gasteiger partial charge in [-0.3, -0.25) is 4.79 Å². The molecule has 0 saturated carbocycles. The van der Waals surface area contributed by atoms with Gasteiger partial charge in [-0.05, 0) is 55.8 Å². The van der Waals surface area contributed by atoms with Crippen molar-refractivity contribution in [1.82, 2.24) is 9.78 Å². The Morgan fingerprint density at radius 1 is 0.958 bits per heavy atom. The standard InChI is InChI=1S/C19H18N2O2S/c1-13-14(2)19(22)21(15-9-11-16(23-3)12-10-15)20-18(13)24-17-7-5-4-6-8-17/h4-12H,1-3H3. The van der Waals surface area contributed by atoms with Crippen molar-refractivity contribution >= 4 is 11.8 Å². The molecular weight excluding hydrogens is 320 g/mol. The molecule has 3 aromatic rings. The van der Waals surface area contributed by atoms with Crippen molar-refractivity contribution in [2.45, 2.75) is 23.8 Å². The van der Waals surface area contributed by atoms with Crippen molar-refractivity contribution in [3.05, 3.63) is 76.1 Å². The van der Waals surface area contributed by atoms with E-state index < -0.39 is 0 Å². The molecule has 4 nitrogen and oxygen atoms in total. The van der Waals surface area contributed by atoms with Crippen molar-refractivity contribution < 1.29 is 4.74 Å². The van der Waals surface area contributed by atoms with Crippen LogP contribution in [0.2, 0.25) is 0 Å². The van der Waals surface area contributed by atoms with Gasteiger partial charge < -0.3 is 4.74 Å². The second-order valence-electron chi connectivity index (χ2n) is 5.39. The lowest BCUT2D eigenvalue weighted by Gasteiger charge is -2.12. The van der Waals surface area contributed by atoms with Gasteiger partial charge in [0.15, 0.2) is 0 Å². The Balaban J connectivity index is 2.08. The zero-order valence-corrected chi connectivity index (χ0v) is 14.6. The summed E-state index contributed by atoms with van der Waals surface area (Å²) in [6.07, 6.45) is 0. The highest BCUT2D eigenvalue weighted by molar-refractivity contribution is 7.99. The maximum atomic E-state index is 12.6. The number of aromatic nitrogens is 2. The molecule has 0 unspecified atom stereocenters. The lowest BCUT2D eigenvalue weighted by molar-refractivity contribution is 0.414. The number of ether oxygens (including phenoxy) is 1. The van der Waals surface area contributed by atoms with Crippen LogP contribution in [0.25, 0.3) is 5.69 Å². The third-order valence-corrected chi connectivity index (χ3v) is 4.95. The highest BCUT2D eigenvalue weighted by Gasteiger charge is 2.13. The van der Waals surface area contributed by atoms with Crippen LogP contribution in [0, 0.1) is 13.8 Å². The summed E-state index contributed by atoms with van der Waals surface area (Å²) in [7, 11) is 1.62. The zero-order valence-electron chi connectivity index (χ0n) is 13.8. The first kappa shape index (κ1) is 16.3. The first-order valence-electron chi connectivity index (χ1n) is 7.58. The van der Waals surface area contributed by atoms with Crippen LogP contribution in [0.5, 0.6) is 5.75 Å². The Labute approximate surface area is 145 Å². The van der Waals surface area contributed by atoms with Crippen LogP contribution in [-0.2, 0) is 0 Å². The van der Waals surface area contributed by atoms with E-state index >= 15 is 0 Å². The lowest BCUT2D eigenvalue weighted by Crippen LogP contribution is -2.25. The first-order chi connectivity index (χ1) is 11.6. The van der Waals surface area contributed by atoms with Gasteiger partial charge in [-0.25, -0.2) is 0 Å². The highest BCUT2D eigenvalue weighted by Crippen LogP contribution is 2.28. The fourth-order valence-electron chi connectivity index (χ4n) is 2.29. The van der Waals surface area contributed by atoms with Crippen molar-refractivity contribution in [3.63, 3.8) is 0 Å². The largest absolute Gasteiger partial charge is 0.497 e. The topological polar surface area (TPSA) is 44.1 Å². The summed E-state index contributed by atoms with van der Waals surface area (Å²) < 4.78 is 6.62. The van der Waals surface area contributed by atoms with Gasteiger partial charge in [-0.1, -0.05) is 30.0 Å². The predicted octanol–water partition coefficient (Wildman–Crippen LogP) is 4.01. The van der Waals surface area contributed by atoms with Gasteiger partial charge in [0.2, 0.25) is 0 Å². The molecule has 0 bridgehead atoms. The van der Waals surface area contributed by atoms with Crippen LogP contribution in [0.4, 0.5) is 0 Å². The van der Waals surface area contributed by atoms with Crippen LogP contribution in [-0.4, -0.2) is 16.9 Å². The third kappa shape index (κ3) is 3.21. The van der Waals surface area contributed by atoms with Gasteiger partial charge >= 0.3 is 0 Å². The van der Waals surface area contributed by atoms with E-state index in [1.54, 1.807) is 18.9 Å². The smallest absolute Gasteiger partial charge is 0.274 e. The molecule has 0 spiro atoms. The van der Waals surface area contributed by atoms with Gasteiger partial charge in [0.05, 0.1) is 12.8 Å². The second-order valence-corrected chi connectivity index (χ2v) is 6.45. The minimum absolute atomic E-state index is 0.102. The van der Waals surface area contributed by atoms with E-state index in [-0.39, 0.29) is 5.56 Å². The Morgan fingerprint density at radius 3 is 2.25 bits per heavy atom. The Bertz CT molecular complexity index is 903. The van der Waals surface area contributed by atoms with Crippen LogP contribution in [0.3, 0.4) is 0 Å². The van der Waals surface area contributed by atoms with Gasteiger partial charge in [0.25, 0.3) is 5.56 Å². The summed E-state index contributed by atoms with van der Waals surface area (Å²) in [4.78, 5) is 13.7. The molecule has 1 heterocycles. The second kappa shape index (κ2) is 6.93. The minimum atomic E-state index is -0.102. The molecule has 5 heteroatoms. The highest BCUT2D eigenvalue weighted by atomic mass is 32.2. The predicted molar refractivity (Wildman–Crippen MR) is 96.4 cm³/mol. The van der Waals surface area contributed by atoms with Crippen molar-refractivity contribution in [3.8, 4) is 11.4 Å². The first-order valence-corrected chi connectivity index (χ1v) is 8.39. The fourth-order valence-corrected chi connectivity index (χ4v) is 3.23. The summed E-state index contributed by atoms with van der Waals surface area (Å²) >= 11 is 1.56. The maximum Gasteiger partial charge on any atom is 0.274 e. The molecule has 24 heavy (non-hydrogen) atoms. The van der Waals surface area contributed by atoms with E-state index in [4.69, 9.17) is 4.74 Å². The van der Waals surface area contributed by atoms with Crippen LogP contribution in [0.1, 0.15) is 11.1 Å². The van der Waals surface area contributed by atoms with E-state index in [0.29, 0.717) is 5.56 Å². The quantitative estimate of drug-likeness (QED) is 0.721. The van der Waals surface area contributed by atoms with Gasteiger partial charge in [0, 0.05) is 10.5 Å². The average molecular weight is 338 g/mol. The van der Waals surface area contributed by atoms with Crippen LogP contribution in [0.15, 0.2) is 69.3 Å². The molecular formula is C19H18N2O2S. The molecule has 0 atom stereocenters. The third-order valence-electron chi connectivity index (χ3n) is 3.86. The summed E-state index contributed by atoms with van der Waals surface area (Å²) in [5.74, 6) is 0.745. The normalized spacial score (nSPS) is 10.6. The van der Waals surface area contributed by atoms with E-state index in [0.717, 1.165) is 26.9 Å². The van der Waals surface area contributed by atoms with Gasteiger partial charge in [-0.2, -0.15) is 9.78 Å². The van der Waals surface area contributed by atoms with E-state index in [2.05, 4.69) is 5.10 Å². The van der Waals surface area contributed by atoms with Gasteiger partial charge in [0.1, 0.15) is 10.8 Å². The number of hydrogen-bond acceptors (Lipinski definition) is 4. The molecule has 122 valence electrons. The van der Waals surface area contributed by atoms with Crippen molar-refractivity contribution in [1.29, 1.82) is 0 Å². The van der Waals surface area contributed by atoms with E-state index in [1.807, 2.05) is 68.4 Å².